The van der Waals surface area contributed by atoms with E-state index in [1.807, 2.05) is 48.5 Å². The van der Waals surface area contributed by atoms with Gasteiger partial charge in [-0.2, -0.15) is 0 Å². The fourth-order valence-electron chi connectivity index (χ4n) is 4.06. The zero-order valence-electron chi connectivity index (χ0n) is 18.9. The Morgan fingerprint density at radius 1 is 1.09 bits per heavy atom. The van der Waals surface area contributed by atoms with E-state index < -0.39 is 6.04 Å². The quantitative estimate of drug-likeness (QED) is 0.486. The minimum Gasteiger partial charge on any atom is -0.508 e. The highest BCUT2D eigenvalue weighted by molar-refractivity contribution is 5.76. The van der Waals surface area contributed by atoms with Crippen molar-refractivity contribution in [1.29, 1.82) is 0 Å². The molecule has 0 unspecified atom stereocenters. The van der Waals surface area contributed by atoms with Crippen LogP contribution in [-0.4, -0.2) is 30.8 Å². The lowest BCUT2D eigenvalue weighted by Gasteiger charge is -2.28. The number of benzene rings is 3. The van der Waals surface area contributed by atoms with E-state index in [0.29, 0.717) is 24.5 Å². The SMILES string of the molecule is CC[C@H](N[C@@H](Cc1ccc2c(c1)OC[C@H](c1ccc(O)cc1)O2)C(=O)OC)c1ccccc1. The van der Waals surface area contributed by atoms with E-state index in [4.69, 9.17) is 14.2 Å². The second kappa shape index (κ2) is 10.4. The van der Waals surface area contributed by atoms with Crippen molar-refractivity contribution in [2.75, 3.05) is 13.7 Å². The number of methoxy groups -OCH3 is 1. The molecule has 0 amide bonds. The molecule has 172 valence electrons. The van der Waals surface area contributed by atoms with Gasteiger partial charge in [-0.25, -0.2) is 0 Å². The summed E-state index contributed by atoms with van der Waals surface area (Å²) in [6.07, 6.45) is 1.07. The molecule has 6 nitrogen and oxygen atoms in total. The summed E-state index contributed by atoms with van der Waals surface area (Å²) in [4.78, 5) is 12.6. The van der Waals surface area contributed by atoms with E-state index >= 15 is 0 Å². The molecule has 4 rings (SSSR count). The fourth-order valence-corrected chi connectivity index (χ4v) is 4.06. The Morgan fingerprint density at radius 3 is 2.55 bits per heavy atom. The van der Waals surface area contributed by atoms with Crippen LogP contribution in [0.3, 0.4) is 0 Å². The highest BCUT2D eigenvalue weighted by atomic mass is 16.6. The summed E-state index contributed by atoms with van der Waals surface area (Å²) in [5.74, 6) is 1.22. The standard InChI is InChI=1S/C27H29NO5/c1-3-22(19-7-5-4-6-8-19)28-23(27(30)31-2)15-18-9-14-24-25(16-18)32-17-26(33-24)20-10-12-21(29)13-11-20/h4-14,16,22-23,26,28-29H,3,15,17H2,1-2H3/t22-,23-,26+/m0/s1. The molecule has 0 bridgehead atoms. The largest absolute Gasteiger partial charge is 0.508 e. The Morgan fingerprint density at radius 2 is 1.85 bits per heavy atom. The number of ether oxygens (including phenoxy) is 3. The number of nitrogens with one attached hydrogen (secondary N) is 1. The molecule has 0 radical (unpaired) electrons. The summed E-state index contributed by atoms with van der Waals surface area (Å²) in [6.45, 7) is 2.46. The Labute approximate surface area is 194 Å². The van der Waals surface area contributed by atoms with Crippen LogP contribution in [0.25, 0.3) is 0 Å². The molecule has 1 aliphatic heterocycles. The van der Waals surface area contributed by atoms with Gasteiger partial charge in [0.25, 0.3) is 0 Å². The lowest BCUT2D eigenvalue weighted by atomic mass is 10.00. The van der Waals surface area contributed by atoms with E-state index in [1.165, 1.54) is 7.11 Å². The number of aromatic hydroxyl groups is 1. The summed E-state index contributed by atoms with van der Waals surface area (Å²) in [5.41, 5.74) is 3.02. The zero-order chi connectivity index (χ0) is 23.2. The lowest BCUT2D eigenvalue weighted by molar-refractivity contribution is -0.143. The van der Waals surface area contributed by atoms with E-state index in [9.17, 15) is 9.90 Å². The molecule has 0 fully saturated rings. The zero-order valence-corrected chi connectivity index (χ0v) is 18.9. The summed E-state index contributed by atoms with van der Waals surface area (Å²) in [7, 11) is 1.41. The van der Waals surface area contributed by atoms with Crippen molar-refractivity contribution in [3.63, 3.8) is 0 Å². The van der Waals surface area contributed by atoms with Gasteiger partial charge >= 0.3 is 5.97 Å². The molecule has 0 saturated heterocycles. The number of rotatable bonds is 8. The van der Waals surface area contributed by atoms with Crippen molar-refractivity contribution in [3.8, 4) is 17.2 Å². The first-order valence-electron chi connectivity index (χ1n) is 11.2. The molecule has 0 aromatic heterocycles. The molecule has 3 aromatic carbocycles. The van der Waals surface area contributed by atoms with Crippen LogP contribution >= 0.6 is 0 Å². The van der Waals surface area contributed by atoms with Crippen LogP contribution in [0.15, 0.2) is 72.8 Å². The summed E-state index contributed by atoms with van der Waals surface area (Å²) >= 11 is 0. The third kappa shape index (κ3) is 5.46. The van der Waals surface area contributed by atoms with Crippen LogP contribution in [0.1, 0.15) is 42.2 Å². The molecule has 1 heterocycles. The molecular formula is C27H29NO5. The van der Waals surface area contributed by atoms with Crippen LogP contribution in [0, 0.1) is 0 Å². The minimum absolute atomic E-state index is 0.0403. The third-order valence-electron chi connectivity index (χ3n) is 5.87. The summed E-state index contributed by atoms with van der Waals surface area (Å²) in [6, 6.07) is 22.3. The molecule has 0 saturated carbocycles. The lowest BCUT2D eigenvalue weighted by Crippen LogP contribution is -2.41. The van der Waals surface area contributed by atoms with Crippen molar-refractivity contribution < 1.29 is 24.1 Å². The van der Waals surface area contributed by atoms with E-state index in [0.717, 1.165) is 23.1 Å². The number of hydrogen-bond donors (Lipinski definition) is 2. The van der Waals surface area contributed by atoms with Crippen molar-refractivity contribution in [2.45, 2.75) is 38.0 Å². The molecule has 2 N–H and O–H groups in total. The minimum atomic E-state index is -0.493. The van der Waals surface area contributed by atoms with Gasteiger partial charge in [-0.1, -0.05) is 55.5 Å². The van der Waals surface area contributed by atoms with Crippen LogP contribution in [0.5, 0.6) is 17.2 Å². The highest BCUT2D eigenvalue weighted by Gasteiger charge is 2.26. The van der Waals surface area contributed by atoms with Gasteiger partial charge in [0.15, 0.2) is 17.6 Å². The maximum atomic E-state index is 12.6. The Kier molecular flexibility index (Phi) is 7.15. The van der Waals surface area contributed by atoms with Crippen LogP contribution < -0.4 is 14.8 Å². The Hall–Kier alpha value is -3.51. The molecule has 33 heavy (non-hydrogen) atoms. The predicted octanol–water partition coefficient (Wildman–Crippen LogP) is 4.73. The topological polar surface area (TPSA) is 77.0 Å². The van der Waals surface area contributed by atoms with Crippen molar-refractivity contribution in [1.82, 2.24) is 5.32 Å². The first-order valence-corrected chi connectivity index (χ1v) is 11.2. The van der Waals surface area contributed by atoms with Gasteiger partial charge in [0.05, 0.1) is 7.11 Å². The van der Waals surface area contributed by atoms with E-state index in [-0.39, 0.29) is 23.9 Å². The molecular weight excluding hydrogens is 418 g/mol. The van der Waals surface area contributed by atoms with Crippen LogP contribution in [-0.2, 0) is 16.0 Å². The highest BCUT2D eigenvalue weighted by Crippen LogP contribution is 2.37. The number of hydrogen-bond acceptors (Lipinski definition) is 6. The maximum Gasteiger partial charge on any atom is 0.323 e. The number of fused-ring (bicyclic) bond motifs is 1. The van der Waals surface area contributed by atoms with E-state index in [1.54, 1.807) is 12.1 Å². The molecule has 0 aliphatic carbocycles. The van der Waals surface area contributed by atoms with Gasteiger partial charge in [-0.15, -0.1) is 0 Å². The van der Waals surface area contributed by atoms with Gasteiger partial charge in [0.1, 0.15) is 18.4 Å². The van der Waals surface area contributed by atoms with Crippen molar-refractivity contribution >= 4 is 5.97 Å². The third-order valence-corrected chi connectivity index (χ3v) is 5.87. The second-order valence-corrected chi connectivity index (χ2v) is 8.11. The summed E-state index contributed by atoms with van der Waals surface area (Å²) in [5, 5.41) is 13.0. The molecule has 3 aromatic rings. The van der Waals surface area contributed by atoms with Gasteiger partial charge < -0.3 is 19.3 Å². The van der Waals surface area contributed by atoms with E-state index in [2.05, 4.69) is 24.4 Å². The normalized spacial score (nSPS) is 16.6. The van der Waals surface area contributed by atoms with Gasteiger partial charge in [0, 0.05) is 6.04 Å². The monoisotopic (exact) mass is 447 g/mol. The molecule has 6 heteroatoms. The van der Waals surface area contributed by atoms with Gasteiger partial charge in [-0.05, 0) is 53.8 Å². The summed E-state index contributed by atoms with van der Waals surface area (Å²) < 4.78 is 17.2. The van der Waals surface area contributed by atoms with Crippen LogP contribution in [0.2, 0.25) is 0 Å². The van der Waals surface area contributed by atoms with Crippen molar-refractivity contribution in [3.05, 3.63) is 89.5 Å². The average Bonchev–Trinajstić information content (AvgIpc) is 2.86. The number of phenols is 1. The van der Waals surface area contributed by atoms with Crippen LogP contribution in [0.4, 0.5) is 0 Å². The van der Waals surface area contributed by atoms with Gasteiger partial charge in [-0.3, -0.25) is 10.1 Å². The van der Waals surface area contributed by atoms with Crippen molar-refractivity contribution in [2.24, 2.45) is 0 Å². The number of carbonyl (C=O) groups excluding carboxylic acids is 1. The maximum absolute atomic E-state index is 12.6. The molecule has 3 atom stereocenters. The smallest absolute Gasteiger partial charge is 0.323 e. The average molecular weight is 448 g/mol. The van der Waals surface area contributed by atoms with Gasteiger partial charge in [0.2, 0.25) is 0 Å². The number of carbonyl (C=O) groups is 1. The number of phenolic OH excluding ortho intramolecular Hbond substituents is 1. The second-order valence-electron chi connectivity index (χ2n) is 8.11. The predicted molar refractivity (Wildman–Crippen MR) is 126 cm³/mol. The molecule has 1 aliphatic rings. The first kappa shape index (κ1) is 22.7. The number of esters is 1. The first-order chi connectivity index (χ1) is 16.1. The Bertz CT molecular complexity index is 1070. The molecule has 0 spiro atoms. The Balaban J connectivity index is 1.48. The fraction of sp³-hybridized carbons (Fsp3) is 0.296.